The maximum Gasteiger partial charge on any atom is 0.360 e. The minimum atomic E-state index is -3.81. The van der Waals surface area contributed by atoms with Crippen molar-refractivity contribution in [3.8, 4) is 12.1 Å². The van der Waals surface area contributed by atoms with Crippen molar-refractivity contribution in [2.45, 2.75) is 6.05 Å². The van der Waals surface area contributed by atoms with Crippen molar-refractivity contribution in [1.29, 1.82) is 10.5 Å². The quantitative estimate of drug-likeness (QED) is 0.834. The molecule has 0 amide bonds. The SMILES string of the molecule is N#Cc1nc(F)n(C(F)(F)c2ccccc2)c1C#N. The molecule has 4 nitrogen and oxygen atoms in total. The summed E-state index contributed by atoms with van der Waals surface area (Å²) in [7, 11) is 0. The number of imidazole rings is 1. The van der Waals surface area contributed by atoms with E-state index in [1.54, 1.807) is 0 Å². The molecule has 19 heavy (non-hydrogen) atoms. The summed E-state index contributed by atoms with van der Waals surface area (Å²) < 4.78 is 41.7. The Morgan fingerprint density at radius 3 is 2.26 bits per heavy atom. The van der Waals surface area contributed by atoms with Gasteiger partial charge in [-0.15, -0.1) is 0 Å². The lowest BCUT2D eigenvalue weighted by atomic mass is 10.2. The van der Waals surface area contributed by atoms with E-state index < -0.39 is 29.1 Å². The molecule has 0 aliphatic rings. The first-order valence-corrected chi connectivity index (χ1v) is 5.04. The second kappa shape index (κ2) is 4.46. The third-order valence-electron chi connectivity index (χ3n) is 2.45. The van der Waals surface area contributed by atoms with E-state index in [-0.39, 0.29) is 4.57 Å². The summed E-state index contributed by atoms with van der Waals surface area (Å²) in [4.78, 5) is 3.02. The van der Waals surface area contributed by atoms with Gasteiger partial charge in [0.05, 0.1) is 0 Å². The molecule has 94 valence electrons. The largest absolute Gasteiger partial charge is 0.360 e. The summed E-state index contributed by atoms with van der Waals surface area (Å²) >= 11 is 0. The molecule has 0 N–H and O–H groups in total. The zero-order valence-corrected chi connectivity index (χ0v) is 9.31. The van der Waals surface area contributed by atoms with Crippen molar-refractivity contribution in [2.75, 3.05) is 0 Å². The zero-order valence-electron chi connectivity index (χ0n) is 9.31. The molecule has 1 aromatic carbocycles. The molecule has 0 unspecified atom stereocenters. The molecule has 0 aliphatic carbocycles. The Bertz CT molecular complexity index is 692. The van der Waals surface area contributed by atoms with Crippen molar-refractivity contribution in [1.82, 2.24) is 9.55 Å². The molecule has 1 aromatic heterocycles. The molecule has 0 saturated heterocycles. The van der Waals surface area contributed by atoms with Gasteiger partial charge in [0.25, 0.3) is 6.08 Å². The van der Waals surface area contributed by atoms with E-state index in [0.717, 1.165) is 12.1 Å². The Morgan fingerprint density at radius 2 is 1.74 bits per heavy atom. The summed E-state index contributed by atoms with van der Waals surface area (Å²) in [6.45, 7) is 0. The molecule has 7 heteroatoms. The van der Waals surface area contributed by atoms with Crippen LogP contribution in [0, 0.1) is 28.7 Å². The lowest BCUT2D eigenvalue weighted by Gasteiger charge is -2.18. The van der Waals surface area contributed by atoms with Crippen molar-refractivity contribution in [3.05, 3.63) is 53.4 Å². The number of nitriles is 2. The number of hydrogen-bond donors (Lipinski definition) is 0. The van der Waals surface area contributed by atoms with Crippen LogP contribution < -0.4 is 0 Å². The first-order valence-electron chi connectivity index (χ1n) is 5.04. The van der Waals surface area contributed by atoms with Gasteiger partial charge in [0.2, 0.25) is 0 Å². The lowest BCUT2D eigenvalue weighted by molar-refractivity contribution is -0.0470. The molecule has 2 aromatic rings. The maximum absolute atomic E-state index is 14.2. The molecular formula is C12H5F3N4. The minimum Gasteiger partial charge on any atom is -0.225 e. The van der Waals surface area contributed by atoms with Crippen molar-refractivity contribution >= 4 is 0 Å². The molecule has 1 heterocycles. The summed E-state index contributed by atoms with van der Waals surface area (Å²) in [6, 6.07) is 5.38. The number of halogens is 3. The molecule has 2 rings (SSSR count). The molecule has 0 fully saturated rings. The molecule has 0 aliphatic heterocycles. The number of rotatable bonds is 2. The molecule has 0 bridgehead atoms. The average Bonchev–Trinajstić information content (AvgIpc) is 2.76. The lowest BCUT2D eigenvalue weighted by Crippen LogP contribution is -2.27. The Hall–Kier alpha value is -2.80. The van der Waals surface area contributed by atoms with E-state index >= 15 is 0 Å². The van der Waals surface area contributed by atoms with Crippen LogP contribution in [0.4, 0.5) is 13.2 Å². The van der Waals surface area contributed by atoms with Gasteiger partial charge < -0.3 is 0 Å². The number of benzene rings is 1. The molecule has 0 spiro atoms. The highest BCUT2D eigenvalue weighted by Gasteiger charge is 2.40. The van der Waals surface area contributed by atoms with Crippen LogP contribution in [0.5, 0.6) is 0 Å². The summed E-state index contributed by atoms with van der Waals surface area (Å²) in [5, 5.41) is 17.4. The molecular weight excluding hydrogens is 257 g/mol. The number of alkyl halides is 2. The monoisotopic (exact) mass is 262 g/mol. The van der Waals surface area contributed by atoms with Crippen LogP contribution in [0.25, 0.3) is 0 Å². The standard InChI is InChI=1S/C12H5F3N4/c13-11-18-9(6-16)10(7-17)19(11)12(14,15)8-4-2-1-3-5-8/h1-5H. The van der Waals surface area contributed by atoms with Crippen LogP contribution >= 0.6 is 0 Å². The van der Waals surface area contributed by atoms with Crippen LogP contribution in [-0.2, 0) is 6.05 Å². The van der Waals surface area contributed by atoms with Gasteiger partial charge >= 0.3 is 6.05 Å². The van der Waals surface area contributed by atoms with E-state index in [1.807, 2.05) is 0 Å². The Kier molecular flexibility index (Phi) is 2.97. The Labute approximate surface area is 106 Å². The predicted octanol–water partition coefficient (Wildman–Crippen LogP) is 2.36. The van der Waals surface area contributed by atoms with Gasteiger partial charge in [0.15, 0.2) is 11.4 Å². The first kappa shape index (κ1) is 12.7. The maximum atomic E-state index is 14.2. The van der Waals surface area contributed by atoms with Gasteiger partial charge in [0, 0.05) is 5.56 Å². The number of aromatic nitrogens is 2. The predicted molar refractivity (Wildman–Crippen MR) is 57.3 cm³/mol. The van der Waals surface area contributed by atoms with Crippen LogP contribution in [0.1, 0.15) is 17.0 Å². The first-order chi connectivity index (χ1) is 9.02. The number of nitrogens with zero attached hydrogens (tertiary/aromatic N) is 4. The van der Waals surface area contributed by atoms with Gasteiger partial charge in [0.1, 0.15) is 12.1 Å². The van der Waals surface area contributed by atoms with E-state index in [0.29, 0.717) is 0 Å². The Morgan fingerprint density at radius 1 is 1.11 bits per heavy atom. The van der Waals surface area contributed by atoms with E-state index in [2.05, 4.69) is 4.98 Å². The zero-order chi connectivity index (χ0) is 14.0. The topological polar surface area (TPSA) is 65.4 Å². The van der Waals surface area contributed by atoms with Crippen LogP contribution in [0.15, 0.2) is 30.3 Å². The summed E-state index contributed by atoms with van der Waals surface area (Å²) in [6.07, 6.45) is -1.58. The molecule has 0 radical (unpaired) electrons. The highest BCUT2D eigenvalue weighted by atomic mass is 19.3. The second-order valence-electron chi connectivity index (χ2n) is 3.54. The second-order valence-corrected chi connectivity index (χ2v) is 3.54. The fourth-order valence-corrected chi connectivity index (χ4v) is 1.60. The van der Waals surface area contributed by atoms with E-state index in [1.165, 1.54) is 30.3 Å². The number of hydrogen-bond acceptors (Lipinski definition) is 3. The summed E-state index contributed by atoms with van der Waals surface area (Å²) in [5.41, 5.74) is -1.99. The third kappa shape index (κ3) is 1.91. The van der Waals surface area contributed by atoms with Crippen molar-refractivity contribution in [2.24, 2.45) is 0 Å². The van der Waals surface area contributed by atoms with E-state index in [4.69, 9.17) is 10.5 Å². The fourth-order valence-electron chi connectivity index (χ4n) is 1.60. The normalized spacial score (nSPS) is 10.8. The molecule has 0 atom stereocenters. The summed E-state index contributed by atoms with van der Waals surface area (Å²) in [5.74, 6) is 0. The van der Waals surface area contributed by atoms with Crippen LogP contribution in [-0.4, -0.2) is 9.55 Å². The average molecular weight is 262 g/mol. The smallest absolute Gasteiger partial charge is 0.225 e. The highest BCUT2D eigenvalue weighted by Crippen LogP contribution is 2.32. The van der Waals surface area contributed by atoms with Crippen LogP contribution in [0.2, 0.25) is 0 Å². The van der Waals surface area contributed by atoms with Gasteiger partial charge in [-0.2, -0.15) is 28.7 Å². The van der Waals surface area contributed by atoms with Crippen molar-refractivity contribution in [3.63, 3.8) is 0 Å². The highest BCUT2D eigenvalue weighted by molar-refractivity contribution is 5.38. The van der Waals surface area contributed by atoms with Crippen LogP contribution in [0.3, 0.4) is 0 Å². The van der Waals surface area contributed by atoms with Gasteiger partial charge in [-0.25, -0.2) is 4.57 Å². The van der Waals surface area contributed by atoms with Gasteiger partial charge in [-0.05, 0) is 0 Å². The van der Waals surface area contributed by atoms with Gasteiger partial charge in [-0.3, -0.25) is 0 Å². The van der Waals surface area contributed by atoms with Gasteiger partial charge in [-0.1, -0.05) is 30.3 Å². The Balaban J connectivity index is 2.69. The third-order valence-corrected chi connectivity index (χ3v) is 2.45. The van der Waals surface area contributed by atoms with Crippen molar-refractivity contribution < 1.29 is 13.2 Å². The molecule has 0 saturated carbocycles. The fraction of sp³-hybridized carbons (Fsp3) is 0.0833. The minimum absolute atomic E-state index is 0.180. The van der Waals surface area contributed by atoms with E-state index in [9.17, 15) is 13.2 Å².